The molecule has 0 unspecified atom stereocenters. The summed E-state index contributed by atoms with van der Waals surface area (Å²) in [6, 6.07) is 7.62. The fourth-order valence-electron chi connectivity index (χ4n) is 1.48. The van der Waals surface area contributed by atoms with Crippen LogP contribution in [0.3, 0.4) is 0 Å². The van der Waals surface area contributed by atoms with Crippen LogP contribution in [0.2, 0.25) is 0 Å². The van der Waals surface area contributed by atoms with E-state index in [2.05, 4.69) is 15.2 Å². The molecule has 5 heteroatoms. The highest BCUT2D eigenvalue weighted by Crippen LogP contribution is 2.30. The summed E-state index contributed by atoms with van der Waals surface area (Å²) in [4.78, 5) is 4.52. The van der Waals surface area contributed by atoms with E-state index in [-0.39, 0.29) is 0 Å². The molecule has 0 fully saturated rings. The molecule has 0 amide bonds. The van der Waals surface area contributed by atoms with Crippen LogP contribution >= 0.6 is 11.3 Å². The number of thiazole rings is 1. The number of nitrogen functional groups attached to an aromatic ring is 1. The van der Waals surface area contributed by atoms with Crippen molar-refractivity contribution in [2.75, 3.05) is 5.73 Å². The predicted octanol–water partition coefficient (Wildman–Crippen LogP) is 2.34. The van der Waals surface area contributed by atoms with Crippen LogP contribution in [0.4, 0.5) is 5.69 Å². The van der Waals surface area contributed by atoms with E-state index in [1.54, 1.807) is 23.7 Å². The van der Waals surface area contributed by atoms with Gasteiger partial charge in [0.05, 0.1) is 22.6 Å². The average Bonchev–Trinajstić information content (AvgIpc) is 2.73. The highest BCUT2D eigenvalue weighted by atomic mass is 32.1. The molecule has 3 rings (SSSR count). The Morgan fingerprint density at radius 1 is 1.12 bits per heavy atom. The van der Waals surface area contributed by atoms with E-state index in [1.165, 1.54) is 0 Å². The molecule has 2 aromatic heterocycles. The number of rotatable bonds is 1. The number of nitrogens with zero attached hydrogens (tertiary/aromatic N) is 3. The van der Waals surface area contributed by atoms with Crippen molar-refractivity contribution in [3.8, 4) is 10.6 Å². The van der Waals surface area contributed by atoms with Crippen LogP contribution in [0.15, 0.2) is 36.7 Å². The summed E-state index contributed by atoms with van der Waals surface area (Å²) in [5.74, 6) is 0. The zero-order chi connectivity index (χ0) is 11.0. The van der Waals surface area contributed by atoms with E-state index in [4.69, 9.17) is 5.73 Å². The maximum Gasteiger partial charge on any atom is 0.126 e. The molecule has 0 spiro atoms. The standard InChI is InChI=1S/C11H8N4S/c12-8-1-2-9-10(5-8)16-11(15-9)7-3-4-13-14-6-7/h1-6H,12H2. The Hall–Kier alpha value is -2.01. The molecule has 4 nitrogen and oxygen atoms in total. The number of aromatic nitrogens is 3. The molecule has 2 N–H and O–H groups in total. The Labute approximate surface area is 95.8 Å². The molecule has 0 bridgehead atoms. The van der Waals surface area contributed by atoms with Gasteiger partial charge in [0.15, 0.2) is 0 Å². The van der Waals surface area contributed by atoms with Crippen LogP contribution < -0.4 is 5.73 Å². The minimum atomic E-state index is 0.760. The molecule has 2 heterocycles. The summed E-state index contributed by atoms with van der Waals surface area (Å²) in [6.07, 6.45) is 3.37. The van der Waals surface area contributed by atoms with Gasteiger partial charge in [-0.25, -0.2) is 4.98 Å². The van der Waals surface area contributed by atoms with Gasteiger partial charge in [-0.1, -0.05) is 0 Å². The number of hydrogen-bond acceptors (Lipinski definition) is 5. The number of fused-ring (bicyclic) bond motifs is 1. The third kappa shape index (κ3) is 1.51. The lowest BCUT2D eigenvalue weighted by atomic mass is 10.3. The SMILES string of the molecule is Nc1ccc2nc(-c3ccnnc3)sc2c1. The van der Waals surface area contributed by atoms with Gasteiger partial charge in [-0.15, -0.1) is 11.3 Å². The molecule has 0 aliphatic heterocycles. The van der Waals surface area contributed by atoms with Gasteiger partial charge in [0.25, 0.3) is 0 Å². The molecule has 0 saturated heterocycles. The fourth-order valence-corrected chi connectivity index (χ4v) is 2.49. The van der Waals surface area contributed by atoms with Crippen molar-refractivity contribution in [3.63, 3.8) is 0 Å². The molecule has 0 atom stereocenters. The molecule has 0 aliphatic carbocycles. The van der Waals surface area contributed by atoms with Gasteiger partial charge in [0.2, 0.25) is 0 Å². The topological polar surface area (TPSA) is 64.7 Å². The van der Waals surface area contributed by atoms with Crippen LogP contribution in [-0.2, 0) is 0 Å². The summed E-state index contributed by atoms with van der Waals surface area (Å²) in [5.41, 5.74) is 8.43. The number of nitrogens with two attached hydrogens (primary N) is 1. The Bertz CT molecular complexity index is 633. The van der Waals surface area contributed by atoms with E-state index < -0.39 is 0 Å². The van der Waals surface area contributed by atoms with Gasteiger partial charge in [-0.2, -0.15) is 10.2 Å². The number of benzene rings is 1. The van der Waals surface area contributed by atoms with Crippen molar-refractivity contribution in [1.82, 2.24) is 15.2 Å². The minimum absolute atomic E-state index is 0.760. The second-order valence-corrected chi connectivity index (χ2v) is 4.41. The zero-order valence-corrected chi connectivity index (χ0v) is 9.11. The van der Waals surface area contributed by atoms with Gasteiger partial charge in [0, 0.05) is 11.3 Å². The first-order chi connectivity index (χ1) is 7.83. The number of anilines is 1. The normalized spacial score (nSPS) is 10.8. The van der Waals surface area contributed by atoms with Gasteiger partial charge in [-0.3, -0.25) is 0 Å². The maximum atomic E-state index is 5.73. The van der Waals surface area contributed by atoms with Crippen LogP contribution in [0.5, 0.6) is 0 Å². The molecule has 0 aliphatic rings. The Morgan fingerprint density at radius 2 is 2.06 bits per heavy atom. The van der Waals surface area contributed by atoms with Gasteiger partial charge in [0.1, 0.15) is 5.01 Å². The lowest BCUT2D eigenvalue weighted by Gasteiger charge is -1.90. The summed E-state index contributed by atoms with van der Waals surface area (Å²) in [5, 5.41) is 8.53. The molecule has 0 radical (unpaired) electrons. The van der Waals surface area contributed by atoms with Crippen LogP contribution in [0.25, 0.3) is 20.8 Å². The fraction of sp³-hybridized carbons (Fsp3) is 0. The van der Waals surface area contributed by atoms with Crippen LogP contribution in [-0.4, -0.2) is 15.2 Å². The van der Waals surface area contributed by atoms with Crippen molar-refractivity contribution < 1.29 is 0 Å². The summed E-state index contributed by atoms with van der Waals surface area (Å²) in [6.45, 7) is 0. The second-order valence-electron chi connectivity index (χ2n) is 3.38. The monoisotopic (exact) mass is 228 g/mol. The molecule has 1 aromatic carbocycles. The van der Waals surface area contributed by atoms with Crippen molar-refractivity contribution >= 4 is 27.2 Å². The van der Waals surface area contributed by atoms with Gasteiger partial charge < -0.3 is 5.73 Å². The van der Waals surface area contributed by atoms with E-state index >= 15 is 0 Å². The minimum Gasteiger partial charge on any atom is -0.399 e. The van der Waals surface area contributed by atoms with E-state index in [1.807, 2.05) is 24.3 Å². The Balaban J connectivity index is 2.19. The molecule has 78 valence electrons. The summed E-state index contributed by atoms with van der Waals surface area (Å²) in [7, 11) is 0. The van der Waals surface area contributed by atoms with E-state index in [0.29, 0.717) is 0 Å². The zero-order valence-electron chi connectivity index (χ0n) is 8.29. The van der Waals surface area contributed by atoms with Gasteiger partial charge in [-0.05, 0) is 24.3 Å². The predicted molar refractivity (Wildman–Crippen MR) is 65.1 cm³/mol. The van der Waals surface area contributed by atoms with Crippen LogP contribution in [0.1, 0.15) is 0 Å². The highest BCUT2D eigenvalue weighted by Gasteiger charge is 2.06. The van der Waals surface area contributed by atoms with Crippen molar-refractivity contribution in [3.05, 3.63) is 36.7 Å². The van der Waals surface area contributed by atoms with E-state index in [9.17, 15) is 0 Å². The third-order valence-electron chi connectivity index (χ3n) is 2.24. The van der Waals surface area contributed by atoms with Crippen molar-refractivity contribution in [1.29, 1.82) is 0 Å². The van der Waals surface area contributed by atoms with Crippen LogP contribution in [0, 0.1) is 0 Å². The average molecular weight is 228 g/mol. The number of hydrogen-bond donors (Lipinski definition) is 1. The Morgan fingerprint density at radius 3 is 2.88 bits per heavy atom. The summed E-state index contributed by atoms with van der Waals surface area (Å²) < 4.78 is 1.09. The highest BCUT2D eigenvalue weighted by molar-refractivity contribution is 7.21. The lowest BCUT2D eigenvalue weighted by molar-refractivity contribution is 1.03. The first kappa shape index (κ1) is 9.23. The van der Waals surface area contributed by atoms with Gasteiger partial charge >= 0.3 is 0 Å². The first-order valence-electron chi connectivity index (χ1n) is 4.76. The third-order valence-corrected chi connectivity index (χ3v) is 3.31. The quantitative estimate of drug-likeness (QED) is 0.649. The molecule has 16 heavy (non-hydrogen) atoms. The second kappa shape index (κ2) is 3.53. The van der Waals surface area contributed by atoms with Crippen molar-refractivity contribution in [2.24, 2.45) is 0 Å². The van der Waals surface area contributed by atoms with Crippen molar-refractivity contribution in [2.45, 2.75) is 0 Å². The van der Waals surface area contributed by atoms with E-state index in [0.717, 1.165) is 26.5 Å². The summed E-state index contributed by atoms with van der Waals surface area (Å²) >= 11 is 1.61. The molecule has 3 aromatic rings. The first-order valence-corrected chi connectivity index (χ1v) is 5.58. The lowest BCUT2D eigenvalue weighted by Crippen LogP contribution is -1.82. The largest absolute Gasteiger partial charge is 0.399 e. The maximum absolute atomic E-state index is 5.73. The Kier molecular flexibility index (Phi) is 2.04. The molecular formula is C11H8N4S. The smallest absolute Gasteiger partial charge is 0.126 e. The molecular weight excluding hydrogens is 220 g/mol. The molecule has 0 saturated carbocycles.